The highest BCUT2D eigenvalue weighted by molar-refractivity contribution is 5.64. The monoisotopic (exact) mass is 160 g/mol. The molecule has 1 unspecified atom stereocenters. The topological polar surface area (TPSA) is 75.3 Å². The van der Waals surface area contributed by atoms with E-state index in [1.807, 2.05) is 13.8 Å². The highest BCUT2D eigenvalue weighted by Crippen LogP contribution is 2.02. The van der Waals surface area contributed by atoms with E-state index < -0.39 is 6.09 Å². The van der Waals surface area contributed by atoms with Crippen molar-refractivity contribution in [1.29, 1.82) is 0 Å². The summed E-state index contributed by atoms with van der Waals surface area (Å²) in [7, 11) is 0. The molecule has 0 aliphatic carbocycles. The van der Waals surface area contributed by atoms with Gasteiger partial charge in [-0.1, -0.05) is 13.8 Å². The number of nitrogens with one attached hydrogen (secondary N) is 1. The Morgan fingerprint density at radius 3 is 2.45 bits per heavy atom. The van der Waals surface area contributed by atoms with Gasteiger partial charge in [-0.15, -0.1) is 0 Å². The molecule has 11 heavy (non-hydrogen) atoms. The number of rotatable bonds is 4. The van der Waals surface area contributed by atoms with E-state index in [-0.39, 0.29) is 6.04 Å². The number of amides is 1. The Labute approximate surface area is 66.8 Å². The van der Waals surface area contributed by atoms with Crippen molar-refractivity contribution in [2.24, 2.45) is 11.7 Å². The maximum Gasteiger partial charge on any atom is 0.404 e. The molecule has 0 aromatic rings. The van der Waals surface area contributed by atoms with Gasteiger partial charge in [0.25, 0.3) is 0 Å². The summed E-state index contributed by atoms with van der Waals surface area (Å²) < 4.78 is 0. The molecule has 66 valence electrons. The molecule has 1 atom stereocenters. The summed E-state index contributed by atoms with van der Waals surface area (Å²) in [6.45, 7) is 4.43. The molecular weight excluding hydrogens is 144 g/mol. The predicted molar refractivity (Wildman–Crippen MR) is 43.5 cm³/mol. The first kappa shape index (κ1) is 10.2. The van der Waals surface area contributed by atoms with Gasteiger partial charge in [0.1, 0.15) is 0 Å². The minimum absolute atomic E-state index is 0.104. The number of hydrogen-bond acceptors (Lipinski definition) is 2. The molecule has 0 aromatic carbocycles. The molecule has 0 spiro atoms. The van der Waals surface area contributed by atoms with Gasteiger partial charge in [-0.05, 0) is 12.3 Å². The van der Waals surface area contributed by atoms with Crippen molar-refractivity contribution in [3.05, 3.63) is 0 Å². The lowest BCUT2D eigenvalue weighted by atomic mass is 10.0. The maximum absolute atomic E-state index is 10.2. The lowest BCUT2D eigenvalue weighted by molar-refractivity contribution is 0.188. The first-order chi connectivity index (χ1) is 5.06. The van der Waals surface area contributed by atoms with Crippen molar-refractivity contribution < 1.29 is 9.90 Å². The highest BCUT2D eigenvalue weighted by atomic mass is 16.4. The van der Waals surface area contributed by atoms with Crippen LogP contribution >= 0.6 is 0 Å². The fraction of sp³-hybridized carbons (Fsp3) is 0.857. The first-order valence-corrected chi connectivity index (χ1v) is 3.75. The van der Waals surface area contributed by atoms with Crippen LogP contribution in [0.5, 0.6) is 0 Å². The van der Waals surface area contributed by atoms with Crippen LogP contribution in [0.15, 0.2) is 0 Å². The average Bonchev–Trinajstić information content (AvgIpc) is 1.84. The van der Waals surface area contributed by atoms with Gasteiger partial charge in [0.15, 0.2) is 0 Å². The number of carboxylic acid groups (broad SMARTS) is 1. The fourth-order valence-corrected chi connectivity index (χ4v) is 0.958. The summed E-state index contributed by atoms with van der Waals surface area (Å²) >= 11 is 0. The van der Waals surface area contributed by atoms with E-state index in [9.17, 15) is 4.79 Å². The molecule has 4 heteroatoms. The molecule has 0 aliphatic rings. The van der Waals surface area contributed by atoms with Crippen molar-refractivity contribution in [3.63, 3.8) is 0 Å². The van der Waals surface area contributed by atoms with E-state index in [4.69, 9.17) is 10.8 Å². The largest absolute Gasteiger partial charge is 0.465 e. The Hall–Kier alpha value is -0.770. The highest BCUT2D eigenvalue weighted by Gasteiger charge is 2.10. The van der Waals surface area contributed by atoms with E-state index in [2.05, 4.69) is 5.32 Å². The minimum Gasteiger partial charge on any atom is -0.465 e. The summed E-state index contributed by atoms with van der Waals surface area (Å²) in [4.78, 5) is 10.2. The third-order valence-corrected chi connectivity index (χ3v) is 1.37. The number of nitrogens with two attached hydrogens (primary N) is 1. The van der Waals surface area contributed by atoms with Gasteiger partial charge in [0, 0.05) is 12.6 Å². The van der Waals surface area contributed by atoms with Crippen LogP contribution in [0.4, 0.5) is 4.79 Å². The van der Waals surface area contributed by atoms with Crippen LogP contribution in [0.25, 0.3) is 0 Å². The zero-order chi connectivity index (χ0) is 8.85. The van der Waals surface area contributed by atoms with Crippen LogP contribution in [0.3, 0.4) is 0 Å². The second kappa shape index (κ2) is 4.96. The van der Waals surface area contributed by atoms with Crippen LogP contribution in [0.1, 0.15) is 20.3 Å². The van der Waals surface area contributed by atoms with Crippen molar-refractivity contribution in [2.75, 3.05) is 6.54 Å². The van der Waals surface area contributed by atoms with E-state index in [0.717, 1.165) is 6.42 Å². The second-order valence-electron chi connectivity index (χ2n) is 3.01. The molecule has 0 radical (unpaired) electrons. The molecule has 0 aliphatic heterocycles. The molecule has 4 nitrogen and oxygen atoms in total. The maximum atomic E-state index is 10.2. The van der Waals surface area contributed by atoms with Crippen LogP contribution in [0, 0.1) is 5.92 Å². The predicted octanol–water partition coefficient (Wildman–Crippen LogP) is 0.627. The average molecular weight is 160 g/mol. The molecule has 0 saturated heterocycles. The Bertz CT molecular complexity index is 126. The van der Waals surface area contributed by atoms with E-state index in [1.165, 1.54) is 0 Å². The Morgan fingerprint density at radius 2 is 2.18 bits per heavy atom. The fourth-order valence-electron chi connectivity index (χ4n) is 0.958. The quantitative estimate of drug-likeness (QED) is 0.564. The number of hydrogen-bond donors (Lipinski definition) is 3. The van der Waals surface area contributed by atoms with Gasteiger partial charge in [-0.2, -0.15) is 0 Å². The third-order valence-electron chi connectivity index (χ3n) is 1.37. The van der Waals surface area contributed by atoms with E-state index >= 15 is 0 Å². The molecule has 0 saturated carbocycles. The molecule has 0 rings (SSSR count). The summed E-state index contributed by atoms with van der Waals surface area (Å²) in [6, 6.07) is -0.104. The van der Waals surface area contributed by atoms with Crippen molar-refractivity contribution in [3.8, 4) is 0 Å². The molecular formula is C7H16N2O2. The lowest BCUT2D eigenvalue weighted by Gasteiger charge is -2.16. The SMILES string of the molecule is CC(C)CC(CN)NC(=O)O. The summed E-state index contributed by atoms with van der Waals surface area (Å²) in [5.41, 5.74) is 5.34. The van der Waals surface area contributed by atoms with Crippen molar-refractivity contribution in [1.82, 2.24) is 5.32 Å². The van der Waals surface area contributed by atoms with Crippen LogP contribution in [-0.4, -0.2) is 23.8 Å². The molecule has 0 heterocycles. The van der Waals surface area contributed by atoms with Gasteiger partial charge in [-0.25, -0.2) is 4.79 Å². The standard InChI is InChI=1S/C7H16N2O2/c1-5(2)3-6(4-8)9-7(10)11/h5-6,9H,3-4,8H2,1-2H3,(H,10,11). The Kier molecular flexibility index (Phi) is 4.61. The van der Waals surface area contributed by atoms with Gasteiger partial charge >= 0.3 is 6.09 Å². The second-order valence-corrected chi connectivity index (χ2v) is 3.01. The Balaban J connectivity index is 3.66. The van der Waals surface area contributed by atoms with Gasteiger partial charge in [0.05, 0.1) is 0 Å². The molecule has 0 aromatic heterocycles. The van der Waals surface area contributed by atoms with Crippen LogP contribution in [-0.2, 0) is 0 Å². The minimum atomic E-state index is -0.999. The lowest BCUT2D eigenvalue weighted by Crippen LogP contribution is -2.40. The summed E-state index contributed by atoms with van der Waals surface area (Å²) in [5.74, 6) is 0.468. The van der Waals surface area contributed by atoms with Crippen molar-refractivity contribution in [2.45, 2.75) is 26.3 Å². The Morgan fingerprint density at radius 1 is 1.64 bits per heavy atom. The van der Waals surface area contributed by atoms with Crippen molar-refractivity contribution >= 4 is 6.09 Å². The summed E-state index contributed by atoms with van der Waals surface area (Å²) in [5, 5.41) is 10.7. The van der Waals surface area contributed by atoms with Crippen LogP contribution in [0.2, 0.25) is 0 Å². The molecule has 0 fully saturated rings. The third kappa shape index (κ3) is 5.66. The van der Waals surface area contributed by atoms with Gasteiger partial charge < -0.3 is 16.2 Å². The first-order valence-electron chi connectivity index (χ1n) is 3.75. The number of carbonyl (C=O) groups is 1. The summed E-state index contributed by atoms with van der Waals surface area (Å²) in [6.07, 6.45) is -0.205. The van der Waals surface area contributed by atoms with Gasteiger partial charge in [-0.3, -0.25) is 0 Å². The van der Waals surface area contributed by atoms with E-state index in [0.29, 0.717) is 12.5 Å². The zero-order valence-corrected chi connectivity index (χ0v) is 7.00. The van der Waals surface area contributed by atoms with Crippen LogP contribution < -0.4 is 11.1 Å². The normalized spacial score (nSPS) is 13.1. The molecule has 0 bridgehead atoms. The smallest absolute Gasteiger partial charge is 0.404 e. The van der Waals surface area contributed by atoms with E-state index in [1.54, 1.807) is 0 Å². The molecule has 1 amide bonds. The molecule has 4 N–H and O–H groups in total. The zero-order valence-electron chi connectivity index (χ0n) is 7.00. The van der Waals surface area contributed by atoms with Gasteiger partial charge in [0.2, 0.25) is 0 Å².